The Balaban J connectivity index is 1.10. The summed E-state index contributed by atoms with van der Waals surface area (Å²) in [6.07, 6.45) is 11.4. The number of aryl methyl sites for hydroxylation is 1. The number of piperidine rings is 1. The van der Waals surface area contributed by atoms with Crippen molar-refractivity contribution < 1.29 is 9.90 Å². The molecule has 2 aromatic carbocycles. The van der Waals surface area contributed by atoms with Crippen LogP contribution in [0.3, 0.4) is 0 Å². The first-order chi connectivity index (χ1) is 17.5. The standard InChI is InChI=1S/C30H40N4O2/c1-20-15-22(35)17-27-23(20)18-28(32-27)29(36)33-26-7-12-31-25-6-5-21(16-24(25)26)19-34-13-10-30(11-14-34)8-3-2-4-9-30/h5-6,15-17,26,28,31-32,35H,2-4,7-14,18-19H2,1H3,(H,33,36). The van der Waals surface area contributed by atoms with Gasteiger partial charge in [0.25, 0.3) is 0 Å². The van der Waals surface area contributed by atoms with E-state index in [0.29, 0.717) is 11.8 Å². The number of benzene rings is 2. The van der Waals surface area contributed by atoms with E-state index >= 15 is 0 Å². The molecule has 2 aromatic rings. The molecule has 1 aliphatic carbocycles. The molecule has 1 spiro atoms. The fraction of sp³-hybridized carbons (Fsp3) is 0.567. The van der Waals surface area contributed by atoms with Gasteiger partial charge in [-0.1, -0.05) is 31.4 Å². The Morgan fingerprint density at radius 1 is 1.08 bits per heavy atom. The van der Waals surface area contributed by atoms with Gasteiger partial charge in [-0.3, -0.25) is 9.69 Å². The highest BCUT2D eigenvalue weighted by Crippen LogP contribution is 2.44. The Labute approximate surface area is 214 Å². The second kappa shape index (κ2) is 9.62. The summed E-state index contributed by atoms with van der Waals surface area (Å²) < 4.78 is 0. The van der Waals surface area contributed by atoms with E-state index in [9.17, 15) is 9.90 Å². The van der Waals surface area contributed by atoms with Gasteiger partial charge in [0.1, 0.15) is 11.8 Å². The normalized spacial score (nSPS) is 24.9. The molecule has 192 valence electrons. The first-order valence-corrected chi connectivity index (χ1v) is 14.0. The highest BCUT2D eigenvalue weighted by atomic mass is 16.3. The van der Waals surface area contributed by atoms with Crippen LogP contribution in [-0.2, 0) is 17.8 Å². The number of hydrogen-bond acceptors (Lipinski definition) is 5. The summed E-state index contributed by atoms with van der Waals surface area (Å²) in [5.74, 6) is 0.268. The number of nitrogens with one attached hydrogen (secondary N) is 3. The fourth-order valence-electron chi connectivity index (χ4n) is 7.13. The topological polar surface area (TPSA) is 76.6 Å². The minimum absolute atomic E-state index is 0.0144. The number of carbonyl (C=O) groups excluding carboxylic acids is 1. The second-order valence-electron chi connectivity index (χ2n) is 11.7. The van der Waals surface area contributed by atoms with Crippen molar-refractivity contribution in [2.24, 2.45) is 5.41 Å². The number of likely N-dealkylation sites (tertiary alicyclic amines) is 1. The SMILES string of the molecule is Cc1cc(O)cc2c1CC(C(=O)NC1CCNc3ccc(CN4CCC5(CCCCC5)CC4)cc31)N2. The van der Waals surface area contributed by atoms with E-state index in [4.69, 9.17) is 0 Å². The molecule has 6 nitrogen and oxygen atoms in total. The second-order valence-corrected chi connectivity index (χ2v) is 11.7. The molecule has 0 bridgehead atoms. The summed E-state index contributed by atoms with van der Waals surface area (Å²) in [5.41, 5.74) is 7.34. The zero-order chi connectivity index (χ0) is 24.7. The number of amides is 1. The van der Waals surface area contributed by atoms with Gasteiger partial charge in [0.2, 0.25) is 5.91 Å². The van der Waals surface area contributed by atoms with Gasteiger partial charge < -0.3 is 21.1 Å². The smallest absolute Gasteiger partial charge is 0.243 e. The highest BCUT2D eigenvalue weighted by Gasteiger charge is 2.35. The van der Waals surface area contributed by atoms with E-state index in [1.54, 1.807) is 12.1 Å². The lowest BCUT2D eigenvalue weighted by atomic mass is 9.68. The molecule has 2 atom stereocenters. The lowest BCUT2D eigenvalue weighted by Crippen LogP contribution is -2.42. The number of nitrogens with zero attached hydrogens (tertiary/aromatic N) is 1. The molecule has 6 heteroatoms. The van der Waals surface area contributed by atoms with Crippen molar-refractivity contribution in [3.8, 4) is 5.75 Å². The first kappa shape index (κ1) is 23.7. The summed E-state index contributed by atoms with van der Waals surface area (Å²) in [4.78, 5) is 15.9. The number of fused-ring (bicyclic) bond motifs is 2. The lowest BCUT2D eigenvalue weighted by molar-refractivity contribution is -0.122. The van der Waals surface area contributed by atoms with Crippen LogP contribution in [0.25, 0.3) is 0 Å². The highest BCUT2D eigenvalue weighted by molar-refractivity contribution is 5.88. The zero-order valence-electron chi connectivity index (χ0n) is 21.5. The average Bonchev–Trinajstić information content (AvgIpc) is 3.31. The zero-order valence-corrected chi connectivity index (χ0v) is 21.5. The van der Waals surface area contributed by atoms with Crippen LogP contribution in [0.4, 0.5) is 11.4 Å². The third-order valence-electron chi connectivity index (χ3n) is 9.31. The molecular formula is C30H40N4O2. The van der Waals surface area contributed by atoms with Crippen molar-refractivity contribution >= 4 is 17.3 Å². The third kappa shape index (κ3) is 4.68. The summed E-state index contributed by atoms with van der Waals surface area (Å²) in [6, 6.07) is 9.97. The number of rotatable bonds is 4. The number of hydrogen-bond donors (Lipinski definition) is 4. The van der Waals surface area contributed by atoms with E-state index in [-0.39, 0.29) is 23.7 Å². The number of phenols is 1. The van der Waals surface area contributed by atoms with E-state index in [1.807, 2.05) is 6.92 Å². The Hall–Kier alpha value is -2.73. The van der Waals surface area contributed by atoms with Crippen molar-refractivity contribution in [2.75, 3.05) is 30.3 Å². The predicted molar refractivity (Wildman–Crippen MR) is 144 cm³/mol. The number of carbonyl (C=O) groups is 1. The summed E-state index contributed by atoms with van der Waals surface area (Å²) in [7, 11) is 0. The van der Waals surface area contributed by atoms with Gasteiger partial charge in [0.05, 0.1) is 6.04 Å². The van der Waals surface area contributed by atoms with Crippen molar-refractivity contribution in [1.29, 1.82) is 0 Å². The van der Waals surface area contributed by atoms with Gasteiger partial charge in [-0.25, -0.2) is 0 Å². The van der Waals surface area contributed by atoms with Crippen LogP contribution in [0.15, 0.2) is 30.3 Å². The molecule has 4 aliphatic rings. The quantitative estimate of drug-likeness (QED) is 0.473. The van der Waals surface area contributed by atoms with Crippen molar-refractivity contribution in [2.45, 2.75) is 83.3 Å². The number of aromatic hydroxyl groups is 1. The molecule has 0 radical (unpaired) electrons. The fourth-order valence-corrected chi connectivity index (χ4v) is 7.13. The monoisotopic (exact) mass is 488 g/mol. The number of phenolic OH excluding ortho intramolecular Hbond substituents is 1. The Morgan fingerprint density at radius 2 is 1.89 bits per heavy atom. The number of anilines is 2. The minimum Gasteiger partial charge on any atom is -0.508 e. The first-order valence-electron chi connectivity index (χ1n) is 14.0. The maximum absolute atomic E-state index is 13.3. The van der Waals surface area contributed by atoms with Crippen molar-refractivity contribution in [3.05, 3.63) is 52.6 Å². The summed E-state index contributed by atoms with van der Waals surface area (Å²) in [6.45, 7) is 6.25. The average molecular weight is 489 g/mol. The molecule has 1 saturated heterocycles. The molecule has 0 aromatic heterocycles. The van der Waals surface area contributed by atoms with Crippen LogP contribution < -0.4 is 16.0 Å². The van der Waals surface area contributed by atoms with Gasteiger partial charge in [-0.15, -0.1) is 0 Å². The maximum atomic E-state index is 13.3. The molecule has 1 amide bonds. The minimum atomic E-state index is -0.303. The lowest BCUT2D eigenvalue weighted by Gasteiger charge is -2.44. The molecule has 6 rings (SSSR count). The molecule has 3 aliphatic heterocycles. The Morgan fingerprint density at radius 3 is 2.69 bits per heavy atom. The largest absolute Gasteiger partial charge is 0.508 e. The third-order valence-corrected chi connectivity index (χ3v) is 9.31. The van der Waals surface area contributed by atoms with Gasteiger partial charge in [-0.2, -0.15) is 0 Å². The summed E-state index contributed by atoms with van der Waals surface area (Å²) in [5, 5.41) is 20.1. The van der Waals surface area contributed by atoms with Crippen LogP contribution in [0.1, 0.15) is 79.7 Å². The molecule has 36 heavy (non-hydrogen) atoms. The Bertz CT molecular complexity index is 1130. The molecule has 1 saturated carbocycles. The molecule has 4 N–H and O–H groups in total. The van der Waals surface area contributed by atoms with Gasteiger partial charge in [0.15, 0.2) is 0 Å². The van der Waals surface area contributed by atoms with E-state index in [1.165, 1.54) is 69.2 Å². The maximum Gasteiger partial charge on any atom is 0.243 e. The van der Waals surface area contributed by atoms with Crippen LogP contribution in [0, 0.1) is 12.3 Å². The van der Waals surface area contributed by atoms with Crippen molar-refractivity contribution in [1.82, 2.24) is 10.2 Å². The van der Waals surface area contributed by atoms with E-state index < -0.39 is 0 Å². The van der Waals surface area contributed by atoms with Crippen LogP contribution in [0.5, 0.6) is 5.75 Å². The van der Waals surface area contributed by atoms with Crippen LogP contribution in [0.2, 0.25) is 0 Å². The molecule has 3 heterocycles. The van der Waals surface area contributed by atoms with E-state index in [0.717, 1.165) is 42.0 Å². The summed E-state index contributed by atoms with van der Waals surface area (Å²) >= 11 is 0. The Kier molecular flexibility index (Phi) is 6.32. The van der Waals surface area contributed by atoms with Gasteiger partial charge >= 0.3 is 0 Å². The molecule has 2 unspecified atom stereocenters. The molecular weight excluding hydrogens is 448 g/mol. The predicted octanol–water partition coefficient (Wildman–Crippen LogP) is 5.26. The van der Waals surface area contributed by atoms with Crippen LogP contribution >= 0.6 is 0 Å². The van der Waals surface area contributed by atoms with Crippen LogP contribution in [-0.4, -0.2) is 41.6 Å². The van der Waals surface area contributed by atoms with Gasteiger partial charge in [0, 0.05) is 37.0 Å². The van der Waals surface area contributed by atoms with Gasteiger partial charge in [-0.05, 0) is 91.9 Å². The molecule has 2 fully saturated rings. The van der Waals surface area contributed by atoms with E-state index in [2.05, 4.69) is 39.0 Å². The van der Waals surface area contributed by atoms with Crippen molar-refractivity contribution in [3.63, 3.8) is 0 Å².